The van der Waals surface area contributed by atoms with Gasteiger partial charge in [-0.3, -0.25) is 9.71 Å². The van der Waals surface area contributed by atoms with Crippen LogP contribution in [0, 0.1) is 18.6 Å². The summed E-state index contributed by atoms with van der Waals surface area (Å²) in [5.74, 6) is -1.95. The number of halogens is 2. The molecule has 0 aliphatic heterocycles. The highest BCUT2D eigenvalue weighted by molar-refractivity contribution is 7.92. The standard InChI is InChI=1S/C13H13F2N3O2S/c1-8-2-5-11(14)13(12(8)15)18-21(19,20)10-4-3-9(6-16)17-7-10/h2-5,7,18H,6,16H2,1H3. The van der Waals surface area contributed by atoms with E-state index < -0.39 is 27.3 Å². The first-order chi connectivity index (χ1) is 9.85. The highest BCUT2D eigenvalue weighted by atomic mass is 32.2. The molecule has 0 bridgehead atoms. The zero-order valence-electron chi connectivity index (χ0n) is 11.1. The molecule has 1 heterocycles. The van der Waals surface area contributed by atoms with Gasteiger partial charge < -0.3 is 5.73 Å². The highest BCUT2D eigenvalue weighted by Crippen LogP contribution is 2.24. The molecule has 2 rings (SSSR count). The molecule has 2 aromatic rings. The maximum Gasteiger partial charge on any atom is 0.263 e. The Hall–Kier alpha value is -2.06. The topological polar surface area (TPSA) is 85.1 Å². The predicted octanol–water partition coefficient (Wildman–Crippen LogP) is 1.93. The first kappa shape index (κ1) is 15.3. The van der Waals surface area contributed by atoms with Gasteiger partial charge in [0.25, 0.3) is 10.0 Å². The van der Waals surface area contributed by atoms with Crippen molar-refractivity contribution in [2.24, 2.45) is 5.73 Å². The molecule has 112 valence electrons. The van der Waals surface area contributed by atoms with Gasteiger partial charge in [0.2, 0.25) is 0 Å². The van der Waals surface area contributed by atoms with E-state index in [2.05, 4.69) is 4.98 Å². The third kappa shape index (κ3) is 3.17. The Morgan fingerprint density at radius 3 is 2.52 bits per heavy atom. The van der Waals surface area contributed by atoms with Crippen molar-refractivity contribution in [1.82, 2.24) is 4.98 Å². The van der Waals surface area contributed by atoms with Gasteiger partial charge in [-0.2, -0.15) is 0 Å². The van der Waals surface area contributed by atoms with Crippen LogP contribution in [0.15, 0.2) is 35.4 Å². The van der Waals surface area contributed by atoms with E-state index in [1.165, 1.54) is 25.1 Å². The van der Waals surface area contributed by atoms with Crippen molar-refractivity contribution in [1.29, 1.82) is 0 Å². The molecule has 0 spiro atoms. The van der Waals surface area contributed by atoms with Crippen LogP contribution in [0.4, 0.5) is 14.5 Å². The number of rotatable bonds is 4. The van der Waals surface area contributed by atoms with Crippen LogP contribution < -0.4 is 10.5 Å². The summed E-state index contributed by atoms with van der Waals surface area (Å²) in [7, 11) is -4.13. The lowest BCUT2D eigenvalue weighted by atomic mass is 10.2. The SMILES string of the molecule is Cc1ccc(F)c(NS(=O)(=O)c2ccc(CN)nc2)c1F. The Morgan fingerprint density at radius 1 is 1.24 bits per heavy atom. The van der Waals surface area contributed by atoms with E-state index in [1.807, 2.05) is 4.72 Å². The zero-order chi connectivity index (χ0) is 15.6. The minimum Gasteiger partial charge on any atom is -0.325 e. The number of anilines is 1. The summed E-state index contributed by atoms with van der Waals surface area (Å²) in [4.78, 5) is 3.63. The fourth-order valence-electron chi connectivity index (χ4n) is 1.63. The van der Waals surface area contributed by atoms with Crippen LogP contribution >= 0.6 is 0 Å². The van der Waals surface area contributed by atoms with E-state index in [0.29, 0.717) is 5.69 Å². The lowest BCUT2D eigenvalue weighted by Gasteiger charge is -2.11. The Morgan fingerprint density at radius 2 is 1.95 bits per heavy atom. The van der Waals surface area contributed by atoms with Gasteiger partial charge in [0.05, 0.1) is 5.69 Å². The lowest BCUT2D eigenvalue weighted by Crippen LogP contribution is -2.16. The number of hydrogen-bond donors (Lipinski definition) is 2. The van der Waals surface area contributed by atoms with Crippen molar-refractivity contribution in [3.8, 4) is 0 Å². The highest BCUT2D eigenvalue weighted by Gasteiger charge is 2.20. The van der Waals surface area contributed by atoms with E-state index in [1.54, 1.807) is 0 Å². The molecule has 0 radical (unpaired) electrons. The molecule has 1 aromatic heterocycles. The molecule has 0 unspecified atom stereocenters. The predicted molar refractivity (Wildman–Crippen MR) is 74.0 cm³/mol. The molecule has 0 saturated carbocycles. The van der Waals surface area contributed by atoms with Gasteiger partial charge in [-0.05, 0) is 30.7 Å². The summed E-state index contributed by atoms with van der Waals surface area (Å²) in [5, 5.41) is 0. The average Bonchev–Trinajstić information content (AvgIpc) is 2.48. The van der Waals surface area contributed by atoms with Crippen LogP contribution in [0.2, 0.25) is 0 Å². The van der Waals surface area contributed by atoms with Gasteiger partial charge >= 0.3 is 0 Å². The van der Waals surface area contributed by atoms with E-state index in [-0.39, 0.29) is 17.0 Å². The van der Waals surface area contributed by atoms with E-state index in [4.69, 9.17) is 5.73 Å². The van der Waals surface area contributed by atoms with Crippen molar-refractivity contribution in [3.63, 3.8) is 0 Å². The largest absolute Gasteiger partial charge is 0.325 e. The van der Waals surface area contributed by atoms with E-state index in [9.17, 15) is 17.2 Å². The Balaban J connectivity index is 2.39. The molecule has 5 nitrogen and oxygen atoms in total. The summed E-state index contributed by atoms with van der Waals surface area (Å²) < 4.78 is 53.5. The average molecular weight is 313 g/mol. The van der Waals surface area contributed by atoms with Crippen molar-refractivity contribution < 1.29 is 17.2 Å². The summed E-state index contributed by atoms with van der Waals surface area (Å²) >= 11 is 0. The quantitative estimate of drug-likeness (QED) is 0.903. The number of benzene rings is 1. The van der Waals surface area contributed by atoms with Gasteiger partial charge in [0.1, 0.15) is 16.4 Å². The van der Waals surface area contributed by atoms with Crippen molar-refractivity contribution in [2.45, 2.75) is 18.4 Å². The van der Waals surface area contributed by atoms with Crippen LogP contribution in [0.3, 0.4) is 0 Å². The van der Waals surface area contributed by atoms with E-state index in [0.717, 1.165) is 12.3 Å². The molecule has 21 heavy (non-hydrogen) atoms. The molecular weight excluding hydrogens is 300 g/mol. The molecule has 0 aliphatic rings. The molecule has 0 saturated heterocycles. The van der Waals surface area contributed by atoms with E-state index >= 15 is 0 Å². The monoisotopic (exact) mass is 313 g/mol. The van der Waals surface area contributed by atoms with Crippen LogP contribution in [-0.2, 0) is 16.6 Å². The molecule has 1 aromatic carbocycles. The van der Waals surface area contributed by atoms with Gasteiger partial charge in [0.15, 0.2) is 5.82 Å². The first-order valence-electron chi connectivity index (χ1n) is 5.97. The number of nitrogens with two attached hydrogens (primary N) is 1. The number of hydrogen-bond acceptors (Lipinski definition) is 4. The van der Waals surface area contributed by atoms with Gasteiger partial charge in [-0.1, -0.05) is 6.07 Å². The molecule has 3 N–H and O–H groups in total. The number of sulfonamides is 1. The number of pyridine rings is 1. The molecule has 8 heteroatoms. The first-order valence-corrected chi connectivity index (χ1v) is 7.46. The fourth-order valence-corrected chi connectivity index (χ4v) is 2.65. The number of aromatic nitrogens is 1. The Bertz CT molecular complexity index is 762. The van der Waals surface area contributed by atoms with Crippen molar-refractivity contribution in [3.05, 3.63) is 53.4 Å². The molecule has 0 atom stereocenters. The maximum atomic E-state index is 13.8. The number of nitrogens with one attached hydrogen (secondary N) is 1. The normalized spacial score (nSPS) is 11.4. The third-order valence-electron chi connectivity index (χ3n) is 2.84. The molecule has 0 aliphatic carbocycles. The summed E-state index contributed by atoms with van der Waals surface area (Å²) in [5.41, 5.74) is 5.28. The minimum atomic E-state index is -4.13. The second-order valence-electron chi connectivity index (χ2n) is 4.35. The number of nitrogens with zero attached hydrogens (tertiary/aromatic N) is 1. The summed E-state index contributed by atoms with van der Waals surface area (Å²) in [6.07, 6.45) is 1.08. The Labute approximate surface area is 120 Å². The summed E-state index contributed by atoms with van der Waals surface area (Å²) in [6.45, 7) is 1.57. The number of aryl methyl sites for hydroxylation is 1. The van der Waals surface area contributed by atoms with Gasteiger partial charge in [-0.15, -0.1) is 0 Å². The smallest absolute Gasteiger partial charge is 0.263 e. The fraction of sp³-hybridized carbons (Fsp3) is 0.154. The maximum absolute atomic E-state index is 13.8. The van der Waals surface area contributed by atoms with Crippen LogP contribution in [0.5, 0.6) is 0 Å². The minimum absolute atomic E-state index is 0.130. The Kier molecular flexibility index (Phi) is 4.19. The summed E-state index contributed by atoms with van der Waals surface area (Å²) in [6, 6.07) is 4.91. The van der Waals surface area contributed by atoms with Crippen molar-refractivity contribution in [2.75, 3.05) is 4.72 Å². The van der Waals surface area contributed by atoms with Crippen LogP contribution in [0.25, 0.3) is 0 Å². The van der Waals surface area contributed by atoms with Gasteiger partial charge in [0, 0.05) is 12.7 Å². The molecule has 0 amide bonds. The second-order valence-corrected chi connectivity index (χ2v) is 6.03. The molecular formula is C13H13F2N3O2S. The second kappa shape index (κ2) is 5.74. The lowest BCUT2D eigenvalue weighted by molar-refractivity contribution is 0.578. The molecule has 0 fully saturated rings. The van der Waals surface area contributed by atoms with Gasteiger partial charge in [-0.25, -0.2) is 17.2 Å². The van der Waals surface area contributed by atoms with Crippen LogP contribution in [-0.4, -0.2) is 13.4 Å². The third-order valence-corrected chi connectivity index (χ3v) is 4.17. The van der Waals surface area contributed by atoms with Crippen LogP contribution in [0.1, 0.15) is 11.3 Å². The zero-order valence-corrected chi connectivity index (χ0v) is 11.9. The van der Waals surface area contributed by atoms with Crippen molar-refractivity contribution >= 4 is 15.7 Å².